The Bertz CT molecular complexity index is 498. The van der Waals surface area contributed by atoms with Gasteiger partial charge in [0.25, 0.3) is 0 Å². The van der Waals surface area contributed by atoms with Gasteiger partial charge in [0.2, 0.25) is 0 Å². The van der Waals surface area contributed by atoms with E-state index in [1.807, 2.05) is 24.8 Å². The molecule has 1 saturated carbocycles. The summed E-state index contributed by atoms with van der Waals surface area (Å²) in [5.74, 6) is 0. The second kappa shape index (κ2) is 6.69. The van der Waals surface area contributed by atoms with E-state index in [0.717, 1.165) is 32.1 Å². The van der Waals surface area contributed by atoms with Crippen LogP contribution in [0.4, 0.5) is 4.79 Å². The average Bonchev–Trinajstić information content (AvgIpc) is 3.32. The van der Waals surface area contributed by atoms with Gasteiger partial charge in [-0.25, -0.2) is 4.79 Å². The molecule has 1 saturated heterocycles. The number of urea groups is 1. The van der Waals surface area contributed by atoms with Gasteiger partial charge in [-0.2, -0.15) is 0 Å². The van der Waals surface area contributed by atoms with Crippen LogP contribution in [-0.4, -0.2) is 53.6 Å². The molecule has 0 bridgehead atoms. The van der Waals surface area contributed by atoms with Gasteiger partial charge in [-0.05, 0) is 38.7 Å². The molecule has 0 radical (unpaired) electrons. The van der Waals surface area contributed by atoms with Gasteiger partial charge < -0.3 is 10.2 Å². The van der Waals surface area contributed by atoms with E-state index < -0.39 is 0 Å². The molecule has 1 unspecified atom stereocenters. The third kappa shape index (κ3) is 3.80. The second-order valence-electron chi connectivity index (χ2n) is 6.87. The molecule has 2 aliphatic rings. The maximum absolute atomic E-state index is 12.5. The summed E-state index contributed by atoms with van der Waals surface area (Å²) in [5, 5.41) is 3.06. The molecule has 1 aliphatic carbocycles. The summed E-state index contributed by atoms with van der Waals surface area (Å²) >= 11 is 0. The first-order valence-corrected chi connectivity index (χ1v) is 8.48. The van der Waals surface area contributed by atoms with Crippen molar-refractivity contribution in [2.75, 3.05) is 19.6 Å². The van der Waals surface area contributed by atoms with Crippen molar-refractivity contribution >= 4 is 6.03 Å². The Kier molecular flexibility index (Phi) is 4.67. The highest BCUT2D eigenvalue weighted by Gasteiger charge is 2.37. The summed E-state index contributed by atoms with van der Waals surface area (Å²) in [6.07, 6.45) is 3.60. The van der Waals surface area contributed by atoms with E-state index >= 15 is 0 Å². The molecule has 1 atom stereocenters. The Labute approximate surface area is 133 Å². The van der Waals surface area contributed by atoms with Gasteiger partial charge in [-0.3, -0.25) is 4.90 Å². The zero-order valence-electron chi connectivity index (χ0n) is 13.7. The normalized spacial score (nSPS) is 22.9. The molecular weight excluding hydrogens is 274 g/mol. The lowest BCUT2D eigenvalue weighted by atomic mass is 10.0. The molecule has 1 heterocycles. The Morgan fingerprint density at radius 1 is 1.23 bits per heavy atom. The number of carbonyl (C=O) groups is 1. The summed E-state index contributed by atoms with van der Waals surface area (Å²) < 4.78 is 0. The largest absolute Gasteiger partial charge is 0.336 e. The first-order valence-electron chi connectivity index (χ1n) is 8.48. The molecule has 2 fully saturated rings. The number of amides is 2. The molecule has 1 aliphatic heterocycles. The lowest BCUT2D eigenvalue weighted by Gasteiger charge is -2.42. The zero-order chi connectivity index (χ0) is 15.5. The molecule has 0 spiro atoms. The van der Waals surface area contributed by atoms with Crippen molar-refractivity contribution in [1.82, 2.24) is 15.1 Å². The molecule has 1 aromatic carbocycles. The van der Waals surface area contributed by atoms with Crippen molar-refractivity contribution in [3.63, 3.8) is 0 Å². The number of nitrogens with one attached hydrogen (secondary N) is 1. The van der Waals surface area contributed by atoms with E-state index in [-0.39, 0.29) is 18.1 Å². The third-order valence-electron chi connectivity index (χ3n) is 4.56. The Morgan fingerprint density at radius 2 is 1.95 bits per heavy atom. The summed E-state index contributed by atoms with van der Waals surface area (Å²) in [6.45, 7) is 6.90. The van der Waals surface area contributed by atoms with E-state index in [0.29, 0.717) is 0 Å². The molecule has 4 nitrogen and oxygen atoms in total. The summed E-state index contributed by atoms with van der Waals surface area (Å²) in [6, 6.07) is 11.8. The number of benzene rings is 1. The minimum absolute atomic E-state index is 0.0892. The number of hydrogen-bond donors (Lipinski definition) is 1. The monoisotopic (exact) mass is 301 g/mol. The van der Waals surface area contributed by atoms with Crippen molar-refractivity contribution in [3.05, 3.63) is 35.9 Å². The topological polar surface area (TPSA) is 35.6 Å². The van der Waals surface area contributed by atoms with E-state index in [1.54, 1.807) is 0 Å². The average molecular weight is 301 g/mol. The first-order chi connectivity index (χ1) is 10.6. The van der Waals surface area contributed by atoms with Crippen molar-refractivity contribution in [1.29, 1.82) is 0 Å². The SMILES string of the molecule is CC(C)NC(=O)N1CCN(C2CC2)CC1Cc1ccccc1. The van der Waals surface area contributed by atoms with Crippen molar-refractivity contribution in [2.45, 2.75) is 51.2 Å². The van der Waals surface area contributed by atoms with Crippen LogP contribution in [0.15, 0.2) is 30.3 Å². The van der Waals surface area contributed by atoms with Crippen LogP contribution in [0.2, 0.25) is 0 Å². The molecule has 22 heavy (non-hydrogen) atoms. The predicted octanol–water partition coefficient (Wildman–Crippen LogP) is 2.50. The van der Waals surface area contributed by atoms with Crippen LogP contribution in [0.1, 0.15) is 32.3 Å². The first kappa shape index (κ1) is 15.3. The highest BCUT2D eigenvalue weighted by atomic mass is 16.2. The second-order valence-corrected chi connectivity index (χ2v) is 6.87. The fourth-order valence-electron chi connectivity index (χ4n) is 3.31. The van der Waals surface area contributed by atoms with Gasteiger partial charge >= 0.3 is 6.03 Å². The van der Waals surface area contributed by atoms with Gasteiger partial charge in [0, 0.05) is 31.7 Å². The maximum atomic E-state index is 12.5. The zero-order valence-corrected chi connectivity index (χ0v) is 13.7. The van der Waals surface area contributed by atoms with Crippen LogP contribution in [-0.2, 0) is 6.42 Å². The van der Waals surface area contributed by atoms with Gasteiger partial charge in [0.15, 0.2) is 0 Å². The minimum Gasteiger partial charge on any atom is -0.336 e. The number of piperazine rings is 1. The molecule has 3 rings (SSSR count). The van der Waals surface area contributed by atoms with Crippen LogP contribution in [0, 0.1) is 0 Å². The van der Waals surface area contributed by atoms with Crippen LogP contribution >= 0.6 is 0 Å². The van der Waals surface area contributed by atoms with Crippen LogP contribution in [0.5, 0.6) is 0 Å². The number of carbonyl (C=O) groups excluding carboxylic acids is 1. The van der Waals surface area contributed by atoms with Crippen molar-refractivity contribution in [2.24, 2.45) is 0 Å². The lowest BCUT2D eigenvalue weighted by Crippen LogP contribution is -2.59. The van der Waals surface area contributed by atoms with Gasteiger partial charge in [0.05, 0.1) is 6.04 Å². The standard InChI is InChI=1S/C18H27N3O/c1-14(2)19-18(22)21-11-10-20(16-8-9-16)13-17(21)12-15-6-4-3-5-7-15/h3-7,14,16-17H,8-13H2,1-2H3,(H,19,22). The van der Waals surface area contributed by atoms with Crippen LogP contribution in [0.3, 0.4) is 0 Å². The van der Waals surface area contributed by atoms with E-state index in [1.165, 1.54) is 18.4 Å². The molecule has 0 aromatic heterocycles. The molecule has 1 aromatic rings. The number of hydrogen-bond acceptors (Lipinski definition) is 2. The quantitative estimate of drug-likeness (QED) is 0.927. The highest BCUT2D eigenvalue weighted by molar-refractivity contribution is 5.75. The third-order valence-corrected chi connectivity index (χ3v) is 4.56. The van der Waals surface area contributed by atoms with E-state index in [2.05, 4.69) is 34.5 Å². The Hall–Kier alpha value is -1.55. The summed E-state index contributed by atoms with van der Waals surface area (Å²) in [7, 11) is 0. The predicted molar refractivity (Wildman–Crippen MR) is 88.9 cm³/mol. The molecule has 1 N–H and O–H groups in total. The van der Waals surface area contributed by atoms with E-state index in [4.69, 9.17) is 0 Å². The van der Waals surface area contributed by atoms with Crippen LogP contribution < -0.4 is 5.32 Å². The highest BCUT2D eigenvalue weighted by Crippen LogP contribution is 2.29. The molecule has 4 heteroatoms. The summed E-state index contributed by atoms with van der Waals surface area (Å²) in [5.41, 5.74) is 1.31. The lowest BCUT2D eigenvalue weighted by molar-refractivity contribution is 0.0884. The van der Waals surface area contributed by atoms with Crippen molar-refractivity contribution < 1.29 is 4.79 Å². The van der Waals surface area contributed by atoms with Crippen LogP contribution in [0.25, 0.3) is 0 Å². The molecule has 120 valence electrons. The molecule has 2 amide bonds. The number of rotatable bonds is 4. The van der Waals surface area contributed by atoms with E-state index in [9.17, 15) is 4.79 Å². The summed E-state index contributed by atoms with van der Waals surface area (Å²) in [4.78, 5) is 17.1. The number of nitrogens with zero attached hydrogens (tertiary/aromatic N) is 2. The van der Waals surface area contributed by atoms with Crippen molar-refractivity contribution in [3.8, 4) is 0 Å². The maximum Gasteiger partial charge on any atom is 0.317 e. The molecular formula is C18H27N3O. The smallest absolute Gasteiger partial charge is 0.317 e. The van der Waals surface area contributed by atoms with Gasteiger partial charge in [0.1, 0.15) is 0 Å². The van der Waals surface area contributed by atoms with Gasteiger partial charge in [-0.15, -0.1) is 0 Å². The van der Waals surface area contributed by atoms with Gasteiger partial charge in [-0.1, -0.05) is 30.3 Å². The fraction of sp³-hybridized carbons (Fsp3) is 0.611. The fourth-order valence-corrected chi connectivity index (χ4v) is 3.31. The minimum atomic E-state index is 0.0892. The Morgan fingerprint density at radius 3 is 2.59 bits per heavy atom. The Balaban J connectivity index is 1.70.